The smallest absolute Gasteiger partial charge is 0.168 e. The number of hydrogen-bond acceptors (Lipinski definition) is 2. The SMILES string of the molecule is Fc1cnc(NC2CCCc3ccccc32)c(F)c1. The van der Waals surface area contributed by atoms with Crippen LogP contribution in [-0.2, 0) is 6.42 Å². The van der Waals surface area contributed by atoms with Crippen molar-refractivity contribution < 1.29 is 8.78 Å². The zero-order valence-electron chi connectivity index (χ0n) is 10.4. The quantitative estimate of drug-likeness (QED) is 0.887. The maximum absolute atomic E-state index is 13.6. The van der Waals surface area contributed by atoms with E-state index in [1.54, 1.807) is 0 Å². The minimum absolute atomic E-state index is 0.0393. The van der Waals surface area contributed by atoms with Gasteiger partial charge in [0.05, 0.1) is 12.2 Å². The van der Waals surface area contributed by atoms with Gasteiger partial charge in [0.25, 0.3) is 0 Å². The lowest BCUT2D eigenvalue weighted by molar-refractivity contribution is 0.561. The maximum atomic E-state index is 13.6. The van der Waals surface area contributed by atoms with Crippen LogP contribution in [-0.4, -0.2) is 4.98 Å². The second-order valence-electron chi connectivity index (χ2n) is 4.77. The van der Waals surface area contributed by atoms with E-state index in [1.165, 1.54) is 11.1 Å². The van der Waals surface area contributed by atoms with E-state index in [9.17, 15) is 8.78 Å². The summed E-state index contributed by atoms with van der Waals surface area (Å²) < 4.78 is 26.5. The molecule has 0 fully saturated rings. The number of nitrogens with zero attached hydrogens (tertiary/aromatic N) is 1. The summed E-state index contributed by atoms with van der Waals surface area (Å²) in [6, 6.07) is 9.03. The van der Waals surface area contributed by atoms with E-state index in [2.05, 4.69) is 16.4 Å². The van der Waals surface area contributed by atoms with E-state index < -0.39 is 11.6 Å². The number of anilines is 1. The van der Waals surface area contributed by atoms with Crippen LogP contribution in [0.3, 0.4) is 0 Å². The number of benzene rings is 1. The number of aryl methyl sites for hydroxylation is 1. The van der Waals surface area contributed by atoms with Crippen LogP contribution < -0.4 is 5.32 Å². The number of hydrogen-bond donors (Lipinski definition) is 1. The summed E-state index contributed by atoms with van der Waals surface area (Å²) >= 11 is 0. The number of aromatic nitrogens is 1. The predicted octanol–water partition coefficient (Wildman–Crippen LogP) is 3.85. The fourth-order valence-electron chi connectivity index (χ4n) is 2.59. The molecule has 3 rings (SSSR count). The van der Waals surface area contributed by atoms with Gasteiger partial charge in [0.15, 0.2) is 11.6 Å². The Morgan fingerprint density at radius 2 is 2.05 bits per heavy atom. The largest absolute Gasteiger partial charge is 0.361 e. The van der Waals surface area contributed by atoms with Crippen molar-refractivity contribution in [3.8, 4) is 0 Å². The van der Waals surface area contributed by atoms with Gasteiger partial charge in [-0.25, -0.2) is 13.8 Å². The summed E-state index contributed by atoms with van der Waals surface area (Å²) in [7, 11) is 0. The highest BCUT2D eigenvalue weighted by atomic mass is 19.1. The Hall–Kier alpha value is -1.97. The van der Waals surface area contributed by atoms with Crippen LogP contribution in [0, 0.1) is 11.6 Å². The number of fused-ring (bicyclic) bond motifs is 1. The highest BCUT2D eigenvalue weighted by molar-refractivity contribution is 5.42. The van der Waals surface area contributed by atoms with E-state index >= 15 is 0 Å². The van der Waals surface area contributed by atoms with Gasteiger partial charge in [0.2, 0.25) is 0 Å². The molecule has 1 unspecified atom stereocenters. The fraction of sp³-hybridized carbons (Fsp3) is 0.267. The van der Waals surface area contributed by atoms with E-state index in [-0.39, 0.29) is 11.9 Å². The Bertz CT molecular complexity index is 598. The highest BCUT2D eigenvalue weighted by Crippen LogP contribution is 2.32. The molecule has 19 heavy (non-hydrogen) atoms. The molecule has 1 aromatic carbocycles. The average molecular weight is 260 g/mol. The Morgan fingerprint density at radius 1 is 1.21 bits per heavy atom. The lowest BCUT2D eigenvalue weighted by Crippen LogP contribution is -2.18. The molecule has 2 aromatic rings. The highest BCUT2D eigenvalue weighted by Gasteiger charge is 2.21. The van der Waals surface area contributed by atoms with E-state index in [0.717, 1.165) is 31.5 Å². The lowest BCUT2D eigenvalue weighted by Gasteiger charge is -2.26. The molecule has 1 atom stereocenters. The zero-order valence-corrected chi connectivity index (χ0v) is 10.4. The first kappa shape index (κ1) is 12.1. The number of pyridine rings is 1. The molecule has 4 heteroatoms. The monoisotopic (exact) mass is 260 g/mol. The first-order chi connectivity index (χ1) is 9.24. The topological polar surface area (TPSA) is 24.9 Å². The van der Waals surface area contributed by atoms with Crippen LogP contribution in [0.25, 0.3) is 0 Å². The molecule has 0 spiro atoms. The standard InChI is InChI=1S/C15H14F2N2/c16-11-8-13(17)15(18-9-11)19-14-7-3-5-10-4-1-2-6-12(10)14/h1-2,4,6,8-9,14H,3,5,7H2,(H,18,19). The Labute approximate surface area is 110 Å². The Kier molecular flexibility index (Phi) is 3.15. The average Bonchev–Trinajstić information content (AvgIpc) is 2.42. The third kappa shape index (κ3) is 2.43. The van der Waals surface area contributed by atoms with Gasteiger partial charge in [-0.1, -0.05) is 24.3 Å². The van der Waals surface area contributed by atoms with Crippen LogP contribution >= 0.6 is 0 Å². The maximum Gasteiger partial charge on any atom is 0.168 e. The third-order valence-electron chi connectivity index (χ3n) is 3.49. The summed E-state index contributed by atoms with van der Waals surface area (Å²) in [6.45, 7) is 0. The second kappa shape index (κ2) is 4.96. The van der Waals surface area contributed by atoms with Gasteiger partial charge in [0, 0.05) is 6.07 Å². The van der Waals surface area contributed by atoms with Crippen molar-refractivity contribution in [1.82, 2.24) is 4.98 Å². The molecule has 1 aliphatic carbocycles. The van der Waals surface area contributed by atoms with E-state index in [4.69, 9.17) is 0 Å². The van der Waals surface area contributed by atoms with Gasteiger partial charge >= 0.3 is 0 Å². The third-order valence-corrected chi connectivity index (χ3v) is 3.49. The Balaban J connectivity index is 1.88. The Morgan fingerprint density at radius 3 is 2.89 bits per heavy atom. The first-order valence-corrected chi connectivity index (χ1v) is 6.39. The molecule has 2 nitrogen and oxygen atoms in total. The second-order valence-corrected chi connectivity index (χ2v) is 4.77. The summed E-state index contributed by atoms with van der Waals surface area (Å²) in [5.41, 5.74) is 2.47. The molecule has 1 aromatic heterocycles. The van der Waals surface area contributed by atoms with Crippen molar-refractivity contribution in [2.24, 2.45) is 0 Å². The van der Waals surface area contributed by atoms with Crippen molar-refractivity contribution >= 4 is 5.82 Å². The molecular weight excluding hydrogens is 246 g/mol. The molecule has 0 saturated heterocycles. The molecule has 1 N–H and O–H groups in total. The molecule has 0 radical (unpaired) electrons. The van der Waals surface area contributed by atoms with Gasteiger partial charge in [-0.3, -0.25) is 0 Å². The van der Waals surface area contributed by atoms with Crippen LogP contribution in [0.2, 0.25) is 0 Å². The molecule has 0 aliphatic heterocycles. The zero-order chi connectivity index (χ0) is 13.2. The van der Waals surface area contributed by atoms with E-state index in [1.807, 2.05) is 18.2 Å². The molecule has 98 valence electrons. The van der Waals surface area contributed by atoms with Crippen LogP contribution in [0.4, 0.5) is 14.6 Å². The molecule has 0 amide bonds. The molecule has 1 aliphatic rings. The minimum atomic E-state index is -0.660. The summed E-state index contributed by atoms with van der Waals surface area (Å²) in [4.78, 5) is 3.78. The van der Waals surface area contributed by atoms with Gasteiger partial charge in [-0.2, -0.15) is 0 Å². The van der Waals surface area contributed by atoms with Crippen molar-refractivity contribution in [2.45, 2.75) is 25.3 Å². The van der Waals surface area contributed by atoms with Gasteiger partial charge in [-0.05, 0) is 30.4 Å². The van der Waals surface area contributed by atoms with Gasteiger partial charge in [-0.15, -0.1) is 0 Å². The van der Waals surface area contributed by atoms with E-state index in [0.29, 0.717) is 0 Å². The van der Waals surface area contributed by atoms with Crippen LogP contribution in [0.1, 0.15) is 30.0 Å². The molecule has 1 heterocycles. The van der Waals surface area contributed by atoms with Crippen LogP contribution in [0.15, 0.2) is 36.5 Å². The molecular formula is C15H14F2N2. The summed E-state index contributed by atoms with van der Waals surface area (Å²) in [5.74, 6) is -1.20. The molecule has 0 saturated carbocycles. The summed E-state index contributed by atoms with van der Waals surface area (Å²) in [5, 5.41) is 3.08. The number of nitrogens with one attached hydrogen (secondary N) is 1. The summed E-state index contributed by atoms with van der Waals surface area (Å²) in [6.07, 6.45) is 4.06. The minimum Gasteiger partial charge on any atom is -0.361 e. The van der Waals surface area contributed by atoms with Crippen LogP contribution in [0.5, 0.6) is 0 Å². The lowest BCUT2D eigenvalue weighted by atomic mass is 9.88. The molecule has 0 bridgehead atoms. The van der Waals surface area contributed by atoms with Gasteiger partial charge in [0.1, 0.15) is 5.82 Å². The van der Waals surface area contributed by atoms with Crippen molar-refractivity contribution in [3.63, 3.8) is 0 Å². The first-order valence-electron chi connectivity index (χ1n) is 6.39. The van der Waals surface area contributed by atoms with Gasteiger partial charge < -0.3 is 5.32 Å². The number of halogens is 2. The number of rotatable bonds is 2. The normalized spacial score (nSPS) is 17.9. The van der Waals surface area contributed by atoms with Crippen molar-refractivity contribution in [3.05, 3.63) is 59.3 Å². The van der Waals surface area contributed by atoms with Crippen molar-refractivity contribution in [2.75, 3.05) is 5.32 Å². The fourth-order valence-corrected chi connectivity index (χ4v) is 2.59. The van der Waals surface area contributed by atoms with Crippen molar-refractivity contribution in [1.29, 1.82) is 0 Å². The predicted molar refractivity (Wildman–Crippen MR) is 69.9 cm³/mol.